The Hall–Kier alpha value is -3.06. The molecule has 2 amide bonds. The minimum absolute atomic E-state index is 0.329. The fourth-order valence-electron chi connectivity index (χ4n) is 3.12. The number of para-hydroxylation sites is 2. The number of carbonyl (C=O) groups excluding carboxylic acids is 1. The quantitative estimate of drug-likeness (QED) is 0.618. The summed E-state index contributed by atoms with van der Waals surface area (Å²) >= 11 is 0. The number of fused-ring (bicyclic) bond motifs is 1. The minimum atomic E-state index is -0.329. The molecule has 0 radical (unpaired) electrons. The smallest absolute Gasteiger partial charge is 0.326 e. The maximum absolute atomic E-state index is 12.5. The number of imidazole rings is 1. The van der Waals surface area contributed by atoms with Crippen LogP contribution >= 0.6 is 0 Å². The van der Waals surface area contributed by atoms with Gasteiger partial charge in [0.15, 0.2) is 0 Å². The molecule has 1 aromatic heterocycles. The van der Waals surface area contributed by atoms with Gasteiger partial charge in [-0.25, -0.2) is 9.78 Å². The van der Waals surface area contributed by atoms with Crippen molar-refractivity contribution in [3.63, 3.8) is 0 Å². The molecule has 0 atom stereocenters. The number of amides is 2. The van der Waals surface area contributed by atoms with Crippen LogP contribution in [0.1, 0.15) is 13.8 Å². The number of aromatic nitrogens is 2. The van der Waals surface area contributed by atoms with E-state index in [4.69, 9.17) is 4.74 Å². The Bertz CT molecular complexity index is 916. The van der Waals surface area contributed by atoms with Crippen LogP contribution in [-0.2, 0) is 6.54 Å². The Labute approximate surface area is 165 Å². The molecule has 1 heterocycles. The molecule has 0 aliphatic rings. The van der Waals surface area contributed by atoms with E-state index in [1.54, 1.807) is 31.4 Å². The summed E-state index contributed by atoms with van der Waals surface area (Å²) in [6.07, 6.45) is 0. The topological polar surface area (TPSA) is 71.4 Å². The van der Waals surface area contributed by atoms with Gasteiger partial charge >= 0.3 is 6.03 Å². The molecule has 0 spiro atoms. The minimum Gasteiger partial charge on any atom is -0.497 e. The third-order valence-corrected chi connectivity index (χ3v) is 4.76. The molecule has 0 bridgehead atoms. The predicted octanol–water partition coefficient (Wildman–Crippen LogP) is 4.03. The van der Waals surface area contributed by atoms with Crippen molar-refractivity contribution in [2.75, 3.05) is 37.4 Å². The first-order chi connectivity index (χ1) is 13.6. The average molecular weight is 381 g/mol. The molecule has 28 heavy (non-hydrogen) atoms. The summed E-state index contributed by atoms with van der Waals surface area (Å²) in [5.74, 6) is 1.28. The van der Waals surface area contributed by atoms with E-state index in [0.29, 0.717) is 11.6 Å². The second kappa shape index (κ2) is 9.23. The van der Waals surface area contributed by atoms with Gasteiger partial charge in [0.05, 0.1) is 18.1 Å². The number of likely N-dealkylation sites (N-methyl/N-ethyl adjacent to an activating group) is 1. The zero-order valence-corrected chi connectivity index (χ0v) is 16.6. The molecule has 3 aromatic rings. The molecule has 3 rings (SSSR count). The molecule has 0 fully saturated rings. The van der Waals surface area contributed by atoms with Crippen LogP contribution in [0.15, 0.2) is 48.5 Å². The van der Waals surface area contributed by atoms with Crippen LogP contribution in [0.25, 0.3) is 11.0 Å². The Kier molecular flexibility index (Phi) is 6.49. The number of hydrogen-bond acceptors (Lipinski definition) is 4. The summed E-state index contributed by atoms with van der Waals surface area (Å²) in [6, 6.07) is 14.8. The third kappa shape index (κ3) is 4.61. The summed E-state index contributed by atoms with van der Waals surface area (Å²) < 4.78 is 7.19. The van der Waals surface area contributed by atoms with Crippen molar-refractivity contribution in [1.29, 1.82) is 0 Å². The first kappa shape index (κ1) is 19.7. The Morgan fingerprint density at radius 3 is 2.46 bits per heavy atom. The van der Waals surface area contributed by atoms with Crippen LogP contribution in [0, 0.1) is 0 Å². The van der Waals surface area contributed by atoms with E-state index in [9.17, 15) is 4.79 Å². The fourth-order valence-corrected chi connectivity index (χ4v) is 3.12. The first-order valence-electron chi connectivity index (χ1n) is 9.54. The van der Waals surface area contributed by atoms with E-state index < -0.39 is 0 Å². The molecule has 2 aromatic carbocycles. The number of methoxy groups -OCH3 is 1. The zero-order chi connectivity index (χ0) is 19.9. The van der Waals surface area contributed by atoms with E-state index in [2.05, 4.69) is 38.9 Å². The van der Waals surface area contributed by atoms with Crippen molar-refractivity contribution in [2.45, 2.75) is 20.4 Å². The molecular formula is C21H27N5O2. The average Bonchev–Trinajstić information content (AvgIpc) is 3.06. The lowest BCUT2D eigenvalue weighted by molar-refractivity contribution is 0.261. The summed E-state index contributed by atoms with van der Waals surface area (Å²) in [7, 11) is 1.61. The molecule has 0 aliphatic carbocycles. The van der Waals surface area contributed by atoms with Crippen molar-refractivity contribution in [1.82, 2.24) is 14.5 Å². The zero-order valence-electron chi connectivity index (χ0n) is 16.6. The number of ether oxygens (including phenoxy) is 1. The maximum Gasteiger partial charge on any atom is 0.326 e. The van der Waals surface area contributed by atoms with Gasteiger partial charge < -0.3 is 19.5 Å². The number of anilines is 2. The van der Waals surface area contributed by atoms with Crippen LogP contribution in [0.4, 0.5) is 16.4 Å². The lowest BCUT2D eigenvalue weighted by Crippen LogP contribution is -2.28. The largest absolute Gasteiger partial charge is 0.497 e. The third-order valence-electron chi connectivity index (χ3n) is 4.76. The van der Waals surface area contributed by atoms with Gasteiger partial charge in [0.25, 0.3) is 0 Å². The second-order valence-electron chi connectivity index (χ2n) is 6.41. The van der Waals surface area contributed by atoms with Crippen molar-refractivity contribution >= 4 is 28.7 Å². The number of rotatable bonds is 8. The number of nitrogens with zero attached hydrogens (tertiary/aromatic N) is 3. The standard InChI is InChI=1S/C21H27N5O2/c1-4-25(5-2)14-15-26-19-9-7-6-8-18(19)23-20(26)24-21(27)22-16-10-12-17(28-3)13-11-16/h6-13H,4-5,14-15H2,1-3H3,(H2,22,23,24,27). The van der Waals surface area contributed by atoms with Gasteiger partial charge in [0, 0.05) is 18.8 Å². The van der Waals surface area contributed by atoms with Crippen LogP contribution in [0.2, 0.25) is 0 Å². The highest BCUT2D eigenvalue weighted by Crippen LogP contribution is 2.20. The van der Waals surface area contributed by atoms with Gasteiger partial charge in [-0.3, -0.25) is 5.32 Å². The van der Waals surface area contributed by atoms with Crippen LogP contribution in [-0.4, -0.2) is 47.2 Å². The summed E-state index contributed by atoms with van der Waals surface area (Å²) in [5.41, 5.74) is 2.56. The van der Waals surface area contributed by atoms with Crippen LogP contribution < -0.4 is 15.4 Å². The van der Waals surface area contributed by atoms with Gasteiger partial charge in [-0.2, -0.15) is 0 Å². The van der Waals surface area contributed by atoms with Crippen molar-refractivity contribution < 1.29 is 9.53 Å². The molecule has 0 saturated heterocycles. The van der Waals surface area contributed by atoms with Gasteiger partial charge in [-0.15, -0.1) is 0 Å². The van der Waals surface area contributed by atoms with Gasteiger partial charge in [-0.05, 0) is 49.5 Å². The first-order valence-corrected chi connectivity index (χ1v) is 9.54. The molecule has 148 valence electrons. The second-order valence-corrected chi connectivity index (χ2v) is 6.41. The van der Waals surface area contributed by atoms with E-state index in [1.807, 2.05) is 24.3 Å². The van der Waals surface area contributed by atoms with Gasteiger partial charge in [0.1, 0.15) is 5.75 Å². The van der Waals surface area contributed by atoms with Crippen LogP contribution in [0.5, 0.6) is 5.75 Å². The van der Waals surface area contributed by atoms with Crippen molar-refractivity contribution in [3.8, 4) is 5.75 Å². The van der Waals surface area contributed by atoms with E-state index in [1.165, 1.54) is 0 Å². The predicted molar refractivity (Wildman–Crippen MR) is 113 cm³/mol. The van der Waals surface area contributed by atoms with E-state index in [0.717, 1.165) is 43.0 Å². The highest BCUT2D eigenvalue weighted by Gasteiger charge is 2.14. The SMILES string of the molecule is CCN(CC)CCn1c(NC(=O)Nc2ccc(OC)cc2)nc2ccccc21. The monoisotopic (exact) mass is 381 g/mol. The number of nitrogens with one attached hydrogen (secondary N) is 2. The number of urea groups is 1. The Balaban J connectivity index is 1.76. The molecule has 0 unspecified atom stereocenters. The van der Waals surface area contributed by atoms with Crippen molar-refractivity contribution in [2.24, 2.45) is 0 Å². The number of hydrogen-bond donors (Lipinski definition) is 2. The van der Waals surface area contributed by atoms with Gasteiger partial charge in [-0.1, -0.05) is 26.0 Å². The summed E-state index contributed by atoms with van der Waals surface area (Å²) in [4.78, 5) is 19.4. The maximum atomic E-state index is 12.5. The van der Waals surface area contributed by atoms with Crippen molar-refractivity contribution in [3.05, 3.63) is 48.5 Å². The molecular weight excluding hydrogens is 354 g/mol. The normalized spacial score (nSPS) is 11.0. The lowest BCUT2D eigenvalue weighted by Gasteiger charge is -2.19. The number of benzene rings is 2. The van der Waals surface area contributed by atoms with Crippen LogP contribution in [0.3, 0.4) is 0 Å². The Morgan fingerprint density at radius 2 is 1.79 bits per heavy atom. The molecule has 7 nitrogen and oxygen atoms in total. The lowest BCUT2D eigenvalue weighted by atomic mass is 10.3. The molecule has 7 heteroatoms. The molecule has 0 aliphatic heterocycles. The molecule has 2 N–H and O–H groups in total. The number of carbonyl (C=O) groups is 1. The molecule has 0 saturated carbocycles. The fraction of sp³-hybridized carbons (Fsp3) is 0.333. The van der Waals surface area contributed by atoms with E-state index >= 15 is 0 Å². The summed E-state index contributed by atoms with van der Waals surface area (Å²) in [5, 5.41) is 5.72. The Morgan fingerprint density at radius 1 is 1.07 bits per heavy atom. The highest BCUT2D eigenvalue weighted by molar-refractivity contribution is 5.99. The summed E-state index contributed by atoms with van der Waals surface area (Å²) in [6.45, 7) is 7.92. The highest BCUT2D eigenvalue weighted by atomic mass is 16.5. The van der Waals surface area contributed by atoms with Gasteiger partial charge in [0.2, 0.25) is 5.95 Å². The van der Waals surface area contributed by atoms with E-state index in [-0.39, 0.29) is 6.03 Å².